The van der Waals surface area contributed by atoms with Crippen molar-refractivity contribution in [3.8, 4) is 0 Å². The predicted octanol–water partition coefficient (Wildman–Crippen LogP) is 5.89. The number of fused-ring (bicyclic) bond motifs is 6. The lowest BCUT2D eigenvalue weighted by Gasteiger charge is -2.62. The molecule has 2 aromatic rings. The molecule has 1 aromatic heterocycles. The fraction of sp³-hybridized carbons (Fsp3) is 0.742. The smallest absolute Gasteiger partial charge is 0.346 e. The van der Waals surface area contributed by atoms with Gasteiger partial charge in [0.25, 0.3) is 0 Å². The first kappa shape index (κ1) is 25.5. The summed E-state index contributed by atoms with van der Waals surface area (Å²) < 4.78 is 19.2. The topological polar surface area (TPSA) is 83.6 Å². The van der Waals surface area contributed by atoms with Gasteiger partial charge in [-0.1, -0.05) is 20.8 Å². The second-order valence-electron chi connectivity index (χ2n) is 13.5. The van der Waals surface area contributed by atoms with E-state index in [0.717, 1.165) is 38.5 Å². The summed E-state index contributed by atoms with van der Waals surface area (Å²) in [6.07, 6.45) is 9.45. The van der Waals surface area contributed by atoms with Crippen LogP contribution in [0.2, 0.25) is 0 Å². The van der Waals surface area contributed by atoms with E-state index in [1.54, 1.807) is 0 Å². The lowest BCUT2D eigenvalue weighted by atomic mass is 9.43. The minimum absolute atomic E-state index is 0.0985. The van der Waals surface area contributed by atoms with E-state index in [4.69, 9.17) is 4.42 Å². The van der Waals surface area contributed by atoms with Crippen molar-refractivity contribution in [2.45, 2.75) is 97.2 Å². The lowest BCUT2D eigenvalue weighted by molar-refractivity contribution is -0.174. The van der Waals surface area contributed by atoms with Gasteiger partial charge in [0, 0.05) is 12.5 Å². The van der Waals surface area contributed by atoms with Crippen molar-refractivity contribution >= 4 is 10.9 Å². The second-order valence-corrected chi connectivity index (χ2v) is 13.5. The zero-order chi connectivity index (χ0) is 26.1. The van der Waals surface area contributed by atoms with Crippen LogP contribution in [-0.4, -0.2) is 27.4 Å². The molecule has 0 aliphatic heterocycles. The van der Waals surface area contributed by atoms with Gasteiger partial charge < -0.3 is 14.6 Å². The number of hydrogen-bond donors (Lipinski definition) is 2. The summed E-state index contributed by atoms with van der Waals surface area (Å²) in [4.78, 5) is 16.8. The van der Waals surface area contributed by atoms with Gasteiger partial charge in [-0.3, -0.25) is 0 Å². The predicted molar refractivity (Wildman–Crippen MR) is 140 cm³/mol. The lowest BCUT2D eigenvalue weighted by Crippen LogP contribution is -2.58. The SMILES string of the molecule is C[C@H](CCc1nc2cc(F)ccc2c(=O)o1)[C@H]1CC[C@H]2[C@@H]3CC[C@@H]4C[C@H](O)CC[C@]4(C)C3C[C@H](O)[C@]12C. The first-order valence-corrected chi connectivity index (χ1v) is 14.6. The van der Waals surface area contributed by atoms with Crippen molar-refractivity contribution in [3.63, 3.8) is 0 Å². The van der Waals surface area contributed by atoms with Crippen molar-refractivity contribution in [2.24, 2.45) is 46.3 Å². The maximum Gasteiger partial charge on any atom is 0.346 e. The first-order valence-electron chi connectivity index (χ1n) is 14.6. The molecule has 2 N–H and O–H groups in total. The molecule has 4 aliphatic rings. The molecule has 4 aliphatic carbocycles. The highest BCUT2D eigenvalue weighted by atomic mass is 19.1. The summed E-state index contributed by atoms with van der Waals surface area (Å²) in [5.74, 6) is 3.07. The molecule has 1 aromatic carbocycles. The zero-order valence-corrected chi connectivity index (χ0v) is 22.5. The van der Waals surface area contributed by atoms with Crippen LogP contribution in [0.15, 0.2) is 27.4 Å². The van der Waals surface area contributed by atoms with E-state index in [0.29, 0.717) is 58.7 Å². The fourth-order valence-electron chi connectivity index (χ4n) is 9.91. The number of aliphatic hydroxyl groups excluding tert-OH is 2. The summed E-state index contributed by atoms with van der Waals surface area (Å²) in [7, 11) is 0. The number of hydrogen-bond acceptors (Lipinski definition) is 5. The van der Waals surface area contributed by atoms with Gasteiger partial charge in [-0.15, -0.1) is 0 Å². The molecule has 1 heterocycles. The van der Waals surface area contributed by atoms with E-state index in [-0.39, 0.29) is 23.0 Å². The third-order valence-electron chi connectivity index (χ3n) is 12.0. The maximum absolute atomic E-state index is 13.7. The number of aryl methyl sites for hydroxylation is 1. The fourth-order valence-corrected chi connectivity index (χ4v) is 9.91. The van der Waals surface area contributed by atoms with Gasteiger partial charge in [0.2, 0.25) is 0 Å². The van der Waals surface area contributed by atoms with E-state index in [1.165, 1.54) is 37.5 Å². The Morgan fingerprint density at radius 1 is 1.11 bits per heavy atom. The minimum Gasteiger partial charge on any atom is -0.408 e. The monoisotopic (exact) mass is 511 g/mol. The van der Waals surface area contributed by atoms with E-state index >= 15 is 0 Å². The molecule has 202 valence electrons. The van der Waals surface area contributed by atoms with Gasteiger partial charge in [0.05, 0.1) is 23.1 Å². The molecular weight excluding hydrogens is 469 g/mol. The van der Waals surface area contributed by atoms with Crippen LogP contribution in [0.1, 0.15) is 84.4 Å². The van der Waals surface area contributed by atoms with Crippen LogP contribution in [0.3, 0.4) is 0 Å². The number of halogens is 1. The molecule has 0 spiro atoms. The zero-order valence-electron chi connectivity index (χ0n) is 22.5. The highest BCUT2D eigenvalue weighted by Crippen LogP contribution is 2.68. The number of benzene rings is 1. The van der Waals surface area contributed by atoms with Crippen molar-refractivity contribution < 1.29 is 19.0 Å². The normalized spacial score (nSPS) is 42.2. The van der Waals surface area contributed by atoms with E-state index < -0.39 is 11.4 Å². The minimum atomic E-state index is -0.464. The van der Waals surface area contributed by atoms with Crippen LogP contribution >= 0.6 is 0 Å². The van der Waals surface area contributed by atoms with Gasteiger partial charge in [-0.05, 0) is 116 Å². The molecule has 0 amide bonds. The quantitative estimate of drug-likeness (QED) is 0.535. The van der Waals surface area contributed by atoms with Crippen molar-refractivity contribution in [2.75, 3.05) is 0 Å². The van der Waals surface area contributed by atoms with Crippen LogP contribution < -0.4 is 5.63 Å². The third-order valence-corrected chi connectivity index (χ3v) is 12.0. The van der Waals surface area contributed by atoms with Crippen LogP contribution in [0.5, 0.6) is 0 Å². The first-order chi connectivity index (χ1) is 17.6. The standard InChI is InChI=1S/C31H42FNO4/c1-17(4-11-28-33-26-15-19(32)6-8-22(26)29(36)37-28)23-9-10-24-21-7-5-18-14-20(34)12-13-30(18,2)25(21)16-27(35)31(23,24)3/h6,8,15,17-18,20-21,23-25,27,34-35H,4-5,7,9-14,16H2,1-3H3/t17-,18-,20-,21+,23-,24+,25?,27+,30+,31-/m1/s1. The highest BCUT2D eigenvalue weighted by molar-refractivity contribution is 5.76. The molecule has 4 fully saturated rings. The number of nitrogens with zero attached hydrogens (tertiary/aromatic N) is 1. The number of rotatable bonds is 4. The molecule has 0 bridgehead atoms. The summed E-state index contributed by atoms with van der Waals surface area (Å²) in [5, 5.41) is 22.4. The Balaban J connectivity index is 1.19. The number of aliphatic hydroxyl groups is 2. The molecule has 1 unspecified atom stereocenters. The summed E-state index contributed by atoms with van der Waals surface area (Å²) >= 11 is 0. The van der Waals surface area contributed by atoms with Crippen molar-refractivity contribution in [1.82, 2.24) is 4.98 Å². The van der Waals surface area contributed by atoms with E-state index in [9.17, 15) is 19.4 Å². The molecule has 5 nitrogen and oxygen atoms in total. The molecule has 4 saturated carbocycles. The molecule has 37 heavy (non-hydrogen) atoms. The van der Waals surface area contributed by atoms with Crippen LogP contribution in [0, 0.1) is 52.2 Å². The molecule has 0 radical (unpaired) electrons. The van der Waals surface area contributed by atoms with Gasteiger partial charge >= 0.3 is 5.63 Å². The number of aromatic nitrogens is 1. The van der Waals surface area contributed by atoms with Crippen LogP contribution in [-0.2, 0) is 6.42 Å². The Hall–Kier alpha value is -1.79. The Labute approximate surface area is 218 Å². The second kappa shape index (κ2) is 9.15. The van der Waals surface area contributed by atoms with Crippen molar-refractivity contribution in [3.05, 3.63) is 40.3 Å². The van der Waals surface area contributed by atoms with Gasteiger partial charge in [0.15, 0.2) is 5.89 Å². The third kappa shape index (κ3) is 4.00. The Morgan fingerprint density at radius 2 is 1.92 bits per heavy atom. The van der Waals surface area contributed by atoms with Gasteiger partial charge in [-0.2, -0.15) is 0 Å². The molecular formula is C31H42FNO4. The van der Waals surface area contributed by atoms with Crippen LogP contribution in [0.4, 0.5) is 4.39 Å². The summed E-state index contributed by atoms with van der Waals surface area (Å²) in [6, 6.07) is 3.97. The van der Waals surface area contributed by atoms with Gasteiger partial charge in [-0.25, -0.2) is 14.2 Å². The van der Waals surface area contributed by atoms with Gasteiger partial charge in [0.1, 0.15) is 5.82 Å². The highest BCUT2D eigenvalue weighted by Gasteiger charge is 2.63. The summed E-state index contributed by atoms with van der Waals surface area (Å²) in [6.45, 7) is 7.08. The Morgan fingerprint density at radius 3 is 2.73 bits per heavy atom. The average Bonchev–Trinajstić information content (AvgIpc) is 3.22. The molecule has 6 rings (SSSR count). The largest absolute Gasteiger partial charge is 0.408 e. The Kier molecular flexibility index (Phi) is 6.30. The maximum atomic E-state index is 13.7. The average molecular weight is 512 g/mol. The Bertz CT molecular complexity index is 1230. The molecule has 0 saturated heterocycles. The molecule has 6 heteroatoms. The van der Waals surface area contributed by atoms with E-state index in [2.05, 4.69) is 25.8 Å². The van der Waals surface area contributed by atoms with Crippen molar-refractivity contribution in [1.29, 1.82) is 0 Å². The summed E-state index contributed by atoms with van der Waals surface area (Å²) in [5.41, 5.74) is 0.0274. The van der Waals surface area contributed by atoms with E-state index in [1.807, 2.05) is 0 Å². The van der Waals surface area contributed by atoms with Crippen LogP contribution in [0.25, 0.3) is 10.9 Å². The molecule has 10 atom stereocenters.